The van der Waals surface area contributed by atoms with Crippen LogP contribution >= 0.6 is 0 Å². The zero-order valence-corrected chi connectivity index (χ0v) is 12.7. The van der Waals surface area contributed by atoms with Crippen LogP contribution in [-0.4, -0.2) is 33.9 Å². The van der Waals surface area contributed by atoms with Gasteiger partial charge in [-0.2, -0.15) is 4.80 Å². The number of hydrogen-bond acceptors (Lipinski definition) is 6. The van der Waals surface area contributed by atoms with Crippen molar-refractivity contribution in [2.75, 3.05) is 13.7 Å². The molecule has 0 saturated carbocycles. The molecule has 21 heavy (non-hydrogen) atoms. The van der Waals surface area contributed by atoms with Gasteiger partial charge in [0, 0.05) is 6.54 Å². The van der Waals surface area contributed by atoms with Crippen LogP contribution in [0.4, 0.5) is 0 Å². The van der Waals surface area contributed by atoms with Gasteiger partial charge in [-0.1, -0.05) is 13.0 Å². The summed E-state index contributed by atoms with van der Waals surface area (Å²) in [6, 6.07) is 5.90. The van der Waals surface area contributed by atoms with E-state index in [0.717, 1.165) is 25.1 Å². The number of aromatic nitrogens is 4. The molecule has 7 nitrogen and oxygen atoms in total. The average molecular weight is 291 g/mol. The average Bonchev–Trinajstić information content (AvgIpc) is 2.91. The maximum Gasteiger partial charge on any atom is 0.212 e. The molecule has 0 atom stereocenters. The van der Waals surface area contributed by atoms with Gasteiger partial charge in [0.1, 0.15) is 0 Å². The number of nitrogens with zero attached hydrogens (tertiary/aromatic N) is 4. The fourth-order valence-corrected chi connectivity index (χ4v) is 1.88. The molecule has 1 heterocycles. The summed E-state index contributed by atoms with van der Waals surface area (Å²) in [7, 11) is 3.34. The van der Waals surface area contributed by atoms with Crippen LogP contribution in [-0.2, 0) is 20.2 Å². The zero-order chi connectivity index (χ0) is 15.1. The molecule has 1 aromatic heterocycles. The number of benzene rings is 1. The molecule has 0 aliphatic heterocycles. The SMILES string of the molecule is CCCNCc1ccc(OC)c(OCc2nnn(C)n2)c1. The molecule has 1 N–H and O–H groups in total. The van der Waals surface area contributed by atoms with E-state index in [1.807, 2.05) is 18.2 Å². The van der Waals surface area contributed by atoms with Gasteiger partial charge in [-0.05, 0) is 35.9 Å². The van der Waals surface area contributed by atoms with E-state index in [4.69, 9.17) is 9.47 Å². The molecular formula is C14H21N5O2. The van der Waals surface area contributed by atoms with Crippen molar-refractivity contribution in [1.29, 1.82) is 0 Å². The number of tetrazole rings is 1. The van der Waals surface area contributed by atoms with Crippen LogP contribution in [0.2, 0.25) is 0 Å². The first kappa shape index (κ1) is 15.2. The van der Waals surface area contributed by atoms with Gasteiger partial charge >= 0.3 is 0 Å². The smallest absolute Gasteiger partial charge is 0.212 e. The lowest BCUT2D eigenvalue weighted by molar-refractivity contribution is 0.275. The Morgan fingerprint density at radius 2 is 2.14 bits per heavy atom. The lowest BCUT2D eigenvalue weighted by Crippen LogP contribution is -2.13. The Balaban J connectivity index is 2.02. The summed E-state index contributed by atoms with van der Waals surface area (Å²) in [6.07, 6.45) is 1.11. The monoisotopic (exact) mass is 291 g/mol. The third-order valence-corrected chi connectivity index (χ3v) is 2.89. The Hall–Kier alpha value is -2.15. The summed E-state index contributed by atoms with van der Waals surface area (Å²) >= 11 is 0. The topological polar surface area (TPSA) is 74.1 Å². The number of rotatable bonds is 8. The highest BCUT2D eigenvalue weighted by atomic mass is 16.5. The minimum Gasteiger partial charge on any atom is -0.493 e. The molecule has 0 aliphatic rings. The Bertz CT molecular complexity index is 570. The number of nitrogens with one attached hydrogen (secondary N) is 1. The first-order valence-corrected chi connectivity index (χ1v) is 6.96. The number of hydrogen-bond donors (Lipinski definition) is 1. The van der Waals surface area contributed by atoms with Crippen molar-refractivity contribution < 1.29 is 9.47 Å². The first-order valence-electron chi connectivity index (χ1n) is 6.96. The first-order chi connectivity index (χ1) is 10.2. The Labute approximate surface area is 124 Å². The fraction of sp³-hybridized carbons (Fsp3) is 0.500. The lowest BCUT2D eigenvalue weighted by Gasteiger charge is -2.11. The standard InChI is InChI=1S/C14H21N5O2/c1-4-7-15-9-11-5-6-12(20-3)13(8-11)21-10-14-16-18-19(2)17-14/h5-6,8,15H,4,7,9-10H2,1-3H3. The van der Waals surface area contributed by atoms with Gasteiger partial charge in [0.25, 0.3) is 0 Å². The normalized spacial score (nSPS) is 10.6. The maximum absolute atomic E-state index is 5.74. The number of methoxy groups -OCH3 is 1. The van der Waals surface area contributed by atoms with E-state index in [9.17, 15) is 0 Å². The van der Waals surface area contributed by atoms with Crippen molar-refractivity contribution in [3.05, 3.63) is 29.6 Å². The molecule has 0 bridgehead atoms. The number of ether oxygens (including phenoxy) is 2. The van der Waals surface area contributed by atoms with Gasteiger partial charge in [-0.25, -0.2) is 0 Å². The highest BCUT2D eigenvalue weighted by molar-refractivity contribution is 5.42. The summed E-state index contributed by atoms with van der Waals surface area (Å²) in [4.78, 5) is 1.40. The Morgan fingerprint density at radius 1 is 1.29 bits per heavy atom. The van der Waals surface area contributed by atoms with Crippen LogP contribution < -0.4 is 14.8 Å². The minimum atomic E-state index is 0.260. The van der Waals surface area contributed by atoms with E-state index in [1.54, 1.807) is 14.2 Å². The maximum atomic E-state index is 5.74. The van der Waals surface area contributed by atoms with E-state index in [-0.39, 0.29) is 6.61 Å². The third kappa shape index (κ3) is 4.42. The highest BCUT2D eigenvalue weighted by Crippen LogP contribution is 2.28. The van der Waals surface area contributed by atoms with Crippen LogP contribution in [0.3, 0.4) is 0 Å². The van der Waals surface area contributed by atoms with Crippen molar-refractivity contribution in [3.63, 3.8) is 0 Å². The number of aryl methyl sites for hydroxylation is 1. The Kier molecular flexibility index (Phi) is 5.51. The quantitative estimate of drug-likeness (QED) is 0.739. The predicted octanol–water partition coefficient (Wildman–Crippen LogP) is 1.30. The molecule has 1 aromatic carbocycles. The van der Waals surface area contributed by atoms with Gasteiger partial charge in [0.2, 0.25) is 5.82 Å². The van der Waals surface area contributed by atoms with E-state index >= 15 is 0 Å². The largest absolute Gasteiger partial charge is 0.493 e. The van der Waals surface area contributed by atoms with Crippen LogP contribution in [0, 0.1) is 0 Å². The molecule has 114 valence electrons. The molecule has 0 fully saturated rings. The van der Waals surface area contributed by atoms with Crippen molar-refractivity contribution in [2.45, 2.75) is 26.5 Å². The van der Waals surface area contributed by atoms with Gasteiger partial charge in [0.15, 0.2) is 18.1 Å². The summed E-state index contributed by atoms with van der Waals surface area (Å²) in [5.41, 5.74) is 1.14. The molecule has 0 saturated heterocycles. The summed E-state index contributed by atoms with van der Waals surface area (Å²) < 4.78 is 11.1. The summed E-state index contributed by atoms with van der Waals surface area (Å²) in [6.45, 7) is 4.20. The van der Waals surface area contributed by atoms with Gasteiger partial charge in [0.05, 0.1) is 14.2 Å². The van der Waals surface area contributed by atoms with Crippen LogP contribution in [0.25, 0.3) is 0 Å². The molecule has 2 aromatic rings. The molecule has 0 amide bonds. The molecule has 0 aliphatic carbocycles. The van der Waals surface area contributed by atoms with Crippen molar-refractivity contribution in [3.8, 4) is 11.5 Å². The Morgan fingerprint density at radius 3 is 2.81 bits per heavy atom. The summed E-state index contributed by atoms with van der Waals surface area (Å²) in [5.74, 6) is 1.91. The van der Waals surface area contributed by atoms with E-state index in [1.165, 1.54) is 4.80 Å². The zero-order valence-electron chi connectivity index (χ0n) is 12.7. The van der Waals surface area contributed by atoms with Gasteiger partial charge < -0.3 is 14.8 Å². The van der Waals surface area contributed by atoms with Gasteiger partial charge in [-0.3, -0.25) is 0 Å². The highest BCUT2D eigenvalue weighted by Gasteiger charge is 2.08. The predicted molar refractivity (Wildman–Crippen MR) is 78.1 cm³/mol. The second kappa shape index (κ2) is 7.58. The lowest BCUT2D eigenvalue weighted by atomic mass is 10.2. The molecule has 2 rings (SSSR count). The summed E-state index contributed by atoms with van der Waals surface area (Å²) in [5, 5.41) is 15.1. The van der Waals surface area contributed by atoms with Crippen molar-refractivity contribution in [1.82, 2.24) is 25.5 Å². The fourth-order valence-electron chi connectivity index (χ4n) is 1.88. The molecule has 0 radical (unpaired) electrons. The van der Waals surface area contributed by atoms with Crippen LogP contribution in [0.1, 0.15) is 24.7 Å². The van der Waals surface area contributed by atoms with Crippen LogP contribution in [0.15, 0.2) is 18.2 Å². The van der Waals surface area contributed by atoms with E-state index < -0.39 is 0 Å². The van der Waals surface area contributed by atoms with Crippen molar-refractivity contribution >= 4 is 0 Å². The van der Waals surface area contributed by atoms with Crippen LogP contribution in [0.5, 0.6) is 11.5 Å². The van der Waals surface area contributed by atoms with E-state index in [0.29, 0.717) is 17.3 Å². The molecular weight excluding hydrogens is 270 g/mol. The molecule has 7 heteroatoms. The molecule has 0 unspecified atom stereocenters. The second-order valence-corrected chi connectivity index (χ2v) is 4.65. The van der Waals surface area contributed by atoms with E-state index in [2.05, 4.69) is 27.7 Å². The minimum absolute atomic E-state index is 0.260. The van der Waals surface area contributed by atoms with Gasteiger partial charge in [-0.15, -0.1) is 10.2 Å². The molecule has 0 spiro atoms. The second-order valence-electron chi connectivity index (χ2n) is 4.65. The third-order valence-electron chi connectivity index (χ3n) is 2.89. The van der Waals surface area contributed by atoms with Crippen molar-refractivity contribution in [2.24, 2.45) is 7.05 Å².